The van der Waals surface area contributed by atoms with Crippen LogP contribution in [-0.4, -0.2) is 10.8 Å². The van der Waals surface area contributed by atoms with Crippen molar-refractivity contribution >= 4 is 28.5 Å². The summed E-state index contributed by atoms with van der Waals surface area (Å²) in [6.07, 6.45) is 0. The van der Waals surface area contributed by atoms with Crippen molar-refractivity contribution in [2.24, 2.45) is 5.73 Å². The molecule has 0 unspecified atom stereocenters. The summed E-state index contributed by atoms with van der Waals surface area (Å²) in [6, 6.07) is 15.6. The maximum absolute atomic E-state index is 13.2. The fraction of sp³-hybridized carbons (Fsp3) is 0. The van der Waals surface area contributed by atoms with Crippen molar-refractivity contribution in [2.45, 2.75) is 9.92 Å². The zero-order valence-electron chi connectivity index (χ0n) is 11.0. The maximum Gasteiger partial charge on any atom is 0.124 e. The Morgan fingerprint density at radius 2 is 1.90 bits per heavy atom. The summed E-state index contributed by atoms with van der Waals surface area (Å²) >= 11 is 1.34. The lowest BCUT2D eigenvalue weighted by molar-refractivity contribution is 0.624. The molecule has 3 rings (SSSR count). The second kappa shape index (κ2) is 5.54. The molecule has 0 saturated heterocycles. The topological polar surface area (TPSA) is 62.8 Å². The van der Waals surface area contributed by atoms with Gasteiger partial charge in [-0.15, -0.1) is 0 Å². The molecule has 0 fully saturated rings. The second-order valence-corrected chi connectivity index (χ2v) is 5.59. The molecule has 104 valence electrons. The minimum atomic E-state index is -0.285. The minimum absolute atomic E-state index is 0.00491. The van der Waals surface area contributed by atoms with Crippen LogP contribution in [0.15, 0.2) is 64.5 Å². The third-order valence-electron chi connectivity index (χ3n) is 3.00. The maximum atomic E-state index is 13.2. The standard InChI is InChI=1S/C16H12FN3S/c17-10-4-3-5-11(8-10)21-15-9-13(16(18)19)12-6-1-2-7-14(12)20-15/h1-9H,(H3,18,19). The van der Waals surface area contributed by atoms with Gasteiger partial charge in [-0.2, -0.15) is 0 Å². The van der Waals surface area contributed by atoms with Gasteiger partial charge in [-0.1, -0.05) is 36.0 Å². The van der Waals surface area contributed by atoms with Crippen molar-refractivity contribution in [3.63, 3.8) is 0 Å². The van der Waals surface area contributed by atoms with E-state index in [2.05, 4.69) is 4.98 Å². The van der Waals surface area contributed by atoms with Crippen LogP contribution in [-0.2, 0) is 0 Å². The first-order valence-electron chi connectivity index (χ1n) is 6.31. The SMILES string of the molecule is N=C(N)c1cc(Sc2cccc(F)c2)nc2ccccc12. The fourth-order valence-corrected chi connectivity index (χ4v) is 2.96. The molecule has 0 radical (unpaired) electrons. The lowest BCUT2D eigenvalue weighted by atomic mass is 10.1. The van der Waals surface area contributed by atoms with Crippen LogP contribution in [0.25, 0.3) is 10.9 Å². The monoisotopic (exact) mass is 297 g/mol. The number of nitrogens with zero attached hydrogens (tertiary/aromatic N) is 1. The third kappa shape index (κ3) is 2.87. The van der Waals surface area contributed by atoms with Gasteiger partial charge < -0.3 is 5.73 Å². The molecule has 0 aliphatic carbocycles. The zero-order chi connectivity index (χ0) is 14.8. The van der Waals surface area contributed by atoms with E-state index in [-0.39, 0.29) is 11.7 Å². The van der Waals surface area contributed by atoms with Crippen LogP contribution in [0.1, 0.15) is 5.56 Å². The molecule has 0 atom stereocenters. The Balaban J connectivity index is 2.09. The Hall–Kier alpha value is -2.40. The molecule has 3 aromatic rings. The van der Waals surface area contributed by atoms with E-state index in [4.69, 9.17) is 11.1 Å². The van der Waals surface area contributed by atoms with E-state index in [9.17, 15) is 4.39 Å². The lowest BCUT2D eigenvalue weighted by Crippen LogP contribution is -2.12. The number of hydrogen-bond donors (Lipinski definition) is 2. The highest BCUT2D eigenvalue weighted by Gasteiger charge is 2.09. The first kappa shape index (κ1) is 13.6. The number of rotatable bonds is 3. The molecule has 1 heterocycles. The van der Waals surface area contributed by atoms with Gasteiger partial charge in [0.2, 0.25) is 0 Å². The Morgan fingerprint density at radius 1 is 1.10 bits per heavy atom. The number of halogens is 1. The summed E-state index contributed by atoms with van der Waals surface area (Å²) in [5.41, 5.74) is 7.06. The number of nitrogens with two attached hydrogens (primary N) is 1. The van der Waals surface area contributed by atoms with E-state index in [1.54, 1.807) is 12.1 Å². The molecule has 2 aromatic carbocycles. The van der Waals surface area contributed by atoms with Crippen molar-refractivity contribution in [3.8, 4) is 0 Å². The zero-order valence-corrected chi connectivity index (χ0v) is 11.8. The molecule has 0 spiro atoms. The van der Waals surface area contributed by atoms with Gasteiger partial charge in [-0.05, 0) is 30.3 Å². The number of benzene rings is 2. The van der Waals surface area contributed by atoms with E-state index in [0.717, 1.165) is 15.8 Å². The number of para-hydroxylation sites is 1. The van der Waals surface area contributed by atoms with Gasteiger partial charge in [0.25, 0.3) is 0 Å². The van der Waals surface area contributed by atoms with E-state index in [1.165, 1.54) is 23.9 Å². The average Bonchev–Trinajstić information content (AvgIpc) is 2.46. The highest BCUT2D eigenvalue weighted by atomic mass is 32.2. The Morgan fingerprint density at radius 3 is 2.67 bits per heavy atom. The van der Waals surface area contributed by atoms with E-state index < -0.39 is 0 Å². The van der Waals surface area contributed by atoms with Gasteiger partial charge in [0, 0.05) is 15.8 Å². The quantitative estimate of drug-likeness (QED) is 0.571. The van der Waals surface area contributed by atoms with Crippen molar-refractivity contribution in [2.75, 3.05) is 0 Å². The van der Waals surface area contributed by atoms with Crippen LogP contribution < -0.4 is 5.73 Å². The molecular weight excluding hydrogens is 285 g/mol. The average molecular weight is 297 g/mol. The molecule has 3 N–H and O–H groups in total. The van der Waals surface area contributed by atoms with Crippen LogP contribution >= 0.6 is 11.8 Å². The van der Waals surface area contributed by atoms with Gasteiger partial charge in [0.15, 0.2) is 0 Å². The van der Waals surface area contributed by atoms with Gasteiger partial charge in [-0.25, -0.2) is 9.37 Å². The molecule has 1 aromatic heterocycles. The third-order valence-corrected chi connectivity index (χ3v) is 3.91. The molecule has 0 saturated carbocycles. The number of nitrogens with one attached hydrogen (secondary N) is 1. The normalized spacial score (nSPS) is 10.7. The fourth-order valence-electron chi connectivity index (χ4n) is 2.08. The van der Waals surface area contributed by atoms with Crippen molar-refractivity contribution in [3.05, 3.63) is 66.0 Å². The van der Waals surface area contributed by atoms with Crippen molar-refractivity contribution < 1.29 is 4.39 Å². The second-order valence-electron chi connectivity index (χ2n) is 4.50. The summed E-state index contributed by atoms with van der Waals surface area (Å²) < 4.78 is 13.2. The summed E-state index contributed by atoms with van der Waals surface area (Å²) in [4.78, 5) is 5.29. The predicted octanol–water partition coefficient (Wildman–Crippen LogP) is 3.81. The molecule has 0 aliphatic heterocycles. The number of hydrogen-bond acceptors (Lipinski definition) is 3. The molecule has 5 heteroatoms. The smallest absolute Gasteiger partial charge is 0.124 e. The van der Waals surface area contributed by atoms with Crippen LogP contribution in [0.4, 0.5) is 4.39 Å². The number of nitrogen functional groups attached to an aromatic ring is 1. The number of aromatic nitrogens is 1. The van der Waals surface area contributed by atoms with Crippen molar-refractivity contribution in [1.29, 1.82) is 5.41 Å². The first-order chi connectivity index (χ1) is 10.1. The highest BCUT2D eigenvalue weighted by molar-refractivity contribution is 7.99. The van der Waals surface area contributed by atoms with Crippen LogP contribution in [0, 0.1) is 11.2 Å². The van der Waals surface area contributed by atoms with E-state index >= 15 is 0 Å². The van der Waals surface area contributed by atoms with Gasteiger partial charge in [0.05, 0.1) is 5.52 Å². The molecule has 0 bridgehead atoms. The van der Waals surface area contributed by atoms with Crippen LogP contribution in [0.2, 0.25) is 0 Å². The summed E-state index contributed by atoms with van der Waals surface area (Å²) in [7, 11) is 0. The minimum Gasteiger partial charge on any atom is -0.384 e. The van der Waals surface area contributed by atoms with Crippen LogP contribution in [0.5, 0.6) is 0 Å². The van der Waals surface area contributed by atoms with Gasteiger partial charge >= 0.3 is 0 Å². The first-order valence-corrected chi connectivity index (χ1v) is 7.13. The molecule has 0 amide bonds. The van der Waals surface area contributed by atoms with Crippen molar-refractivity contribution in [1.82, 2.24) is 4.98 Å². The van der Waals surface area contributed by atoms with Gasteiger partial charge in [0.1, 0.15) is 16.7 Å². The van der Waals surface area contributed by atoms with Crippen LogP contribution in [0.3, 0.4) is 0 Å². The van der Waals surface area contributed by atoms with E-state index in [0.29, 0.717) is 10.6 Å². The molecule has 0 aliphatic rings. The molecular formula is C16H12FN3S. The number of pyridine rings is 1. The largest absolute Gasteiger partial charge is 0.384 e. The molecule has 3 nitrogen and oxygen atoms in total. The Labute approximate surface area is 125 Å². The Bertz CT molecular complexity index is 833. The summed E-state index contributed by atoms with van der Waals surface area (Å²) in [5.74, 6) is -0.290. The number of fused-ring (bicyclic) bond motifs is 1. The highest BCUT2D eigenvalue weighted by Crippen LogP contribution is 2.29. The Kier molecular flexibility index (Phi) is 3.58. The van der Waals surface area contributed by atoms with Gasteiger partial charge in [-0.3, -0.25) is 5.41 Å². The van der Waals surface area contributed by atoms with E-state index in [1.807, 2.05) is 30.3 Å². The predicted molar refractivity (Wildman–Crippen MR) is 83.3 cm³/mol. The summed E-state index contributed by atoms with van der Waals surface area (Å²) in [6.45, 7) is 0. The molecule has 21 heavy (non-hydrogen) atoms. The lowest BCUT2D eigenvalue weighted by Gasteiger charge is -2.08. The summed E-state index contributed by atoms with van der Waals surface area (Å²) in [5, 5.41) is 9.23. The number of amidine groups is 1.